The van der Waals surface area contributed by atoms with E-state index >= 15 is 0 Å². The maximum Gasteiger partial charge on any atom is 0.338 e. The zero-order chi connectivity index (χ0) is 15.3. The van der Waals surface area contributed by atoms with Crippen molar-refractivity contribution in [3.8, 4) is 0 Å². The van der Waals surface area contributed by atoms with Crippen molar-refractivity contribution in [1.82, 2.24) is 5.32 Å². The lowest BCUT2D eigenvalue weighted by atomic mass is 10.1. The molecule has 20 heavy (non-hydrogen) atoms. The number of carboxylic acids is 1. The van der Waals surface area contributed by atoms with Crippen LogP contribution in [-0.4, -0.2) is 44.1 Å². The van der Waals surface area contributed by atoms with Crippen LogP contribution in [0.2, 0.25) is 0 Å². The SMILES string of the molecule is Cc1cccc(NC(=O)NCCS(C)(=O)=O)c1C(=O)O. The Morgan fingerprint density at radius 3 is 2.50 bits per heavy atom. The third-order valence-corrected chi connectivity index (χ3v) is 3.44. The fourth-order valence-electron chi connectivity index (χ4n) is 1.57. The lowest BCUT2D eigenvalue weighted by Gasteiger charge is -2.11. The Morgan fingerprint density at radius 1 is 1.30 bits per heavy atom. The number of hydrogen-bond acceptors (Lipinski definition) is 4. The molecule has 1 aromatic rings. The molecule has 0 unspecified atom stereocenters. The van der Waals surface area contributed by atoms with Gasteiger partial charge in [-0.05, 0) is 18.6 Å². The molecule has 8 heteroatoms. The number of rotatable bonds is 5. The predicted octanol–water partition coefficient (Wildman–Crippen LogP) is 0.859. The van der Waals surface area contributed by atoms with Gasteiger partial charge in [-0.1, -0.05) is 12.1 Å². The monoisotopic (exact) mass is 300 g/mol. The summed E-state index contributed by atoms with van der Waals surface area (Å²) in [6, 6.07) is 4.05. The van der Waals surface area contributed by atoms with Gasteiger partial charge in [-0.25, -0.2) is 18.0 Å². The van der Waals surface area contributed by atoms with Crippen molar-refractivity contribution in [2.75, 3.05) is 23.9 Å². The summed E-state index contributed by atoms with van der Waals surface area (Å²) in [7, 11) is -3.16. The third kappa shape index (κ3) is 4.88. The lowest BCUT2D eigenvalue weighted by molar-refractivity contribution is 0.0697. The molecular formula is C12H16N2O5S. The molecule has 0 saturated heterocycles. The zero-order valence-electron chi connectivity index (χ0n) is 11.1. The van der Waals surface area contributed by atoms with Gasteiger partial charge in [0.05, 0.1) is 17.0 Å². The Balaban J connectivity index is 2.72. The molecule has 0 aliphatic rings. The number of amides is 2. The van der Waals surface area contributed by atoms with E-state index in [0.717, 1.165) is 6.26 Å². The van der Waals surface area contributed by atoms with Gasteiger partial charge < -0.3 is 15.7 Å². The van der Waals surface area contributed by atoms with Crippen LogP contribution >= 0.6 is 0 Å². The van der Waals surface area contributed by atoms with Crippen LogP contribution in [0.5, 0.6) is 0 Å². The molecule has 110 valence electrons. The van der Waals surface area contributed by atoms with Crippen molar-refractivity contribution in [1.29, 1.82) is 0 Å². The van der Waals surface area contributed by atoms with Gasteiger partial charge in [0.2, 0.25) is 0 Å². The number of nitrogens with one attached hydrogen (secondary N) is 2. The number of urea groups is 1. The average Bonchev–Trinajstić information content (AvgIpc) is 2.26. The summed E-state index contributed by atoms with van der Waals surface area (Å²) in [5.74, 6) is -1.32. The van der Waals surface area contributed by atoms with Crippen molar-refractivity contribution in [2.24, 2.45) is 0 Å². The predicted molar refractivity (Wildman–Crippen MR) is 74.9 cm³/mol. The minimum atomic E-state index is -3.16. The molecule has 0 fully saturated rings. The van der Waals surface area contributed by atoms with E-state index in [1.165, 1.54) is 6.07 Å². The highest BCUT2D eigenvalue weighted by molar-refractivity contribution is 7.90. The van der Waals surface area contributed by atoms with Gasteiger partial charge in [0.15, 0.2) is 0 Å². The van der Waals surface area contributed by atoms with Crippen LogP contribution in [0.25, 0.3) is 0 Å². The molecule has 7 nitrogen and oxygen atoms in total. The standard InChI is InChI=1S/C12H16N2O5S/c1-8-4-3-5-9(10(8)11(15)16)14-12(17)13-6-7-20(2,18)19/h3-5H,6-7H2,1-2H3,(H,15,16)(H2,13,14,17). The van der Waals surface area contributed by atoms with E-state index in [4.69, 9.17) is 5.11 Å². The largest absolute Gasteiger partial charge is 0.478 e. The van der Waals surface area contributed by atoms with Gasteiger partial charge in [-0.3, -0.25) is 0 Å². The summed E-state index contributed by atoms with van der Waals surface area (Å²) >= 11 is 0. The van der Waals surface area contributed by atoms with Crippen molar-refractivity contribution >= 4 is 27.5 Å². The smallest absolute Gasteiger partial charge is 0.338 e. The number of carbonyl (C=O) groups excluding carboxylic acids is 1. The maximum absolute atomic E-state index is 11.6. The Labute approximate surface area is 116 Å². The molecule has 1 rings (SSSR count). The van der Waals surface area contributed by atoms with Crippen molar-refractivity contribution in [3.05, 3.63) is 29.3 Å². The summed E-state index contributed by atoms with van der Waals surface area (Å²) in [4.78, 5) is 22.7. The highest BCUT2D eigenvalue weighted by Crippen LogP contribution is 2.19. The van der Waals surface area contributed by atoms with Crippen molar-refractivity contribution in [3.63, 3.8) is 0 Å². The molecule has 0 aliphatic carbocycles. The molecule has 0 aromatic heterocycles. The van der Waals surface area contributed by atoms with Gasteiger partial charge in [-0.15, -0.1) is 0 Å². The van der Waals surface area contributed by atoms with Crippen LogP contribution in [0.1, 0.15) is 15.9 Å². The number of benzene rings is 1. The Hall–Kier alpha value is -2.09. The zero-order valence-corrected chi connectivity index (χ0v) is 12.0. The molecule has 3 N–H and O–H groups in total. The lowest BCUT2D eigenvalue weighted by Crippen LogP contribution is -2.33. The number of aryl methyl sites for hydroxylation is 1. The fourth-order valence-corrected chi connectivity index (χ4v) is 2.05. The first-order valence-corrected chi connectivity index (χ1v) is 7.82. The Morgan fingerprint density at radius 2 is 1.95 bits per heavy atom. The first-order valence-electron chi connectivity index (χ1n) is 5.76. The first-order chi connectivity index (χ1) is 9.20. The van der Waals surface area contributed by atoms with E-state index in [0.29, 0.717) is 5.56 Å². The molecule has 0 saturated carbocycles. The molecule has 0 spiro atoms. The second-order valence-corrected chi connectivity index (χ2v) is 6.57. The molecule has 2 amide bonds. The van der Waals surface area contributed by atoms with E-state index in [2.05, 4.69) is 10.6 Å². The highest BCUT2D eigenvalue weighted by atomic mass is 32.2. The summed E-state index contributed by atoms with van der Waals surface area (Å²) < 4.78 is 21.8. The van der Waals surface area contributed by atoms with Crippen molar-refractivity contribution in [2.45, 2.75) is 6.92 Å². The minimum absolute atomic E-state index is 0.00534. The average molecular weight is 300 g/mol. The van der Waals surface area contributed by atoms with Crippen LogP contribution in [-0.2, 0) is 9.84 Å². The Kier molecular flexibility index (Phi) is 5.09. The van der Waals surface area contributed by atoms with Crippen molar-refractivity contribution < 1.29 is 23.1 Å². The van der Waals surface area contributed by atoms with E-state index in [-0.39, 0.29) is 23.5 Å². The van der Waals surface area contributed by atoms with E-state index in [9.17, 15) is 18.0 Å². The summed E-state index contributed by atoms with van der Waals surface area (Å²) in [6.07, 6.45) is 1.07. The summed E-state index contributed by atoms with van der Waals surface area (Å²) in [6.45, 7) is 1.58. The summed E-state index contributed by atoms with van der Waals surface area (Å²) in [5.41, 5.74) is 0.687. The van der Waals surface area contributed by atoms with Gasteiger partial charge in [0, 0.05) is 12.8 Å². The quantitative estimate of drug-likeness (QED) is 0.746. The number of carbonyl (C=O) groups is 2. The van der Waals surface area contributed by atoms with Gasteiger partial charge in [-0.2, -0.15) is 0 Å². The van der Waals surface area contributed by atoms with Gasteiger partial charge >= 0.3 is 12.0 Å². The van der Waals surface area contributed by atoms with Crippen LogP contribution in [0, 0.1) is 6.92 Å². The number of aromatic carboxylic acids is 1. The second-order valence-electron chi connectivity index (χ2n) is 4.31. The highest BCUT2D eigenvalue weighted by Gasteiger charge is 2.14. The van der Waals surface area contributed by atoms with Crippen LogP contribution in [0.15, 0.2) is 18.2 Å². The normalized spacial score (nSPS) is 10.9. The molecule has 1 aromatic carbocycles. The Bertz CT molecular complexity index is 625. The van der Waals surface area contributed by atoms with Crippen LogP contribution in [0.4, 0.5) is 10.5 Å². The molecule has 0 atom stereocenters. The first kappa shape index (κ1) is 16.0. The maximum atomic E-state index is 11.6. The number of sulfone groups is 1. The van der Waals surface area contributed by atoms with E-state index in [1.807, 2.05) is 0 Å². The van der Waals surface area contributed by atoms with Crippen LogP contribution < -0.4 is 10.6 Å². The topological polar surface area (TPSA) is 113 Å². The van der Waals surface area contributed by atoms with E-state index in [1.54, 1.807) is 19.1 Å². The fraction of sp³-hybridized carbons (Fsp3) is 0.333. The van der Waals surface area contributed by atoms with Crippen LogP contribution in [0.3, 0.4) is 0 Å². The molecule has 0 heterocycles. The summed E-state index contributed by atoms with van der Waals surface area (Å²) in [5, 5.41) is 13.8. The van der Waals surface area contributed by atoms with E-state index < -0.39 is 21.8 Å². The third-order valence-electron chi connectivity index (χ3n) is 2.49. The molecule has 0 aliphatic heterocycles. The minimum Gasteiger partial charge on any atom is -0.478 e. The van der Waals surface area contributed by atoms with Gasteiger partial charge in [0.25, 0.3) is 0 Å². The number of hydrogen-bond donors (Lipinski definition) is 3. The molecular weight excluding hydrogens is 284 g/mol. The van der Waals surface area contributed by atoms with Gasteiger partial charge in [0.1, 0.15) is 9.84 Å². The second kappa shape index (κ2) is 6.38. The number of anilines is 1. The molecule has 0 bridgehead atoms. The number of carboxylic acid groups (broad SMARTS) is 1. The molecule has 0 radical (unpaired) electrons.